The number of aliphatic hydroxyl groups is 1. The Hall–Kier alpha value is -0.230. The monoisotopic (exact) mass is 218 g/mol. The first-order valence-electron chi connectivity index (χ1n) is 3.48. The minimum atomic E-state index is -4.94. The van der Waals surface area contributed by atoms with E-state index in [2.05, 4.69) is 12.6 Å². The average molecular weight is 218 g/mol. The largest absolute Gasteiger partial charge is 0.420 e. The van der Waals surface area contributed by atoms with Gasteiger partial charge in [-0.05, 0) is 0 Å². The Bertz CT molecular complexity index is 180. The second-order valence-electron chi connectivity index (χ2n) is 2.52. The number of hydrogen-bond donors (Lipinski definition) is 2. The van der Waals surface area contributed by atoms with Gasteiger partial charge in [0.2, 0.25) is 0 Å². The minimum absolute atomic E-state index is 0.250. The third-order valence-electron chi connectivity index (χ3n) is 1.48. The summed E-state index contributed by atoms with van der Waals surface area (Å²) in [6.07, 6.45) is -3.36. The average Bonchev–Trinajstić information content (AvgIpc) is 2.02. The lowest BCUT2D eigenvalue weighted by Crippen LogP contribution is -2.46. The fourth-order valence-electron chi connectivity index (χ4n) is 0.599. The van der Waals surface area contributed by atoms with Crippen molar-refractivity contribution in [2.45, 2.75) is 18.2 Å². The number of halogens is 4. The Labute approximate surface area is 78.9 Å². The molecule has 0 heterocycles. The summed E-state index contributed by atoms with van der Waals surface area (Å²) in [5.41, 5.74) is -3.26. The maximum absolute atomic E-state index is 12.0. The summed E-state index contributed by atoms with van der Waals surface area (Å²) in [4.78, 5) is 0. The maximum Gasteiger partial charge on any atom is 0.420 e. The van der Waals surface area contributed by atoms with Crippen LogP contribution in [0.1, 0.15) is 6.42 Å². The van der Waals surface area contributed by atoms with E-state index in [0.29, 0.717) is 0 Å². The highest BCUT2D eigenvalue weighted by Crippen LogP contribution is 2.33. The van der Waals surface area contributed by atoms with Gasteiger partial charge in [0.25, 0.3) is 0 Å². The van der Waals surface area contributed by atoms with Gasteiger partial charge in [-0.3, -0.25) is 0 Å². The molecule has 0 amide bonds. The molecule has 0 aromatic rings. The molecule has 1 nitrogen and oxygen atoms in total. The second kappa shape index (κ2) is 4.85. The van der Waals surface area contributed by atoms with Crippen LogP contribution in [0, 0.1) is 0 Å². The van der Waals surface area contributed by atoms with Crippen LogP contribution >= 0.6 is 12.6 Å². The van der Waals surface area contributed by atoms with Crippen molar-refractivity contribution in [3.8, 4) is 0 Å². The predicted molar refractivity (Wildman–Crippen MR) is 44.6 cm³/mol. The van der Waals surface area contributed by atoms with Gasteiger partial charge in [-0.2, -0.15) is 25.8 Å². The highest BCUT2D eigenvalue weighted by molar-refractivity contribution is 7.80. The van der Waals surface area contributed by atoms with Gasteiger partial charge in [0.15, 0.2) is 5.60 Å². The lowest BCUT2D eigenvalue weighted by atomic mass is 10.0. The predicted octanol–water partition coefficient (Wildman–Crippen LogP) is 2.13. The molecule has 1 unspecified atom stereocenters. The normalized spacial score (nSPS) is 17.7. The third-order valence-corrected chi connectivity index (χ3v) is 1.69. The molecule has 78 valence electrons. The van der Waals surface area contributed by atoms with E-state index in [-0.39, 0.29) is 5.75 Å². The zero-order chi connectivity index (χ0) is 10.5. The van der Waals surface area contributed by atoms with Crippen LogP contribution in [-0.4, -0.2) is 29.3 Å². The Kier molecular flexibility index (Phi) is 4.77. The van der Waals surface area contributed by atoms with Gasteiger partial charge in [0.05, 0.1) is 0 Å². The summed E-state index contributed by atoms with van der Waals surface area (Å²) in [5, 5.41) is 8.81. The zero-order valence-corrected chi connectivity index (χ0v) is 7.58. The van der Waals surface area contributed by atoms with Gasteiger partial charge < -0.3 is 5.11 Å². The van der Waals surface area contributed by atoms with E-state index >= 15 is 0 Å². The number of alkyl halides is 4. The van der Waals surface area contributed by atoms with Gasteiger partial charge >= 0.3 is 6.18 Å². The Balaban J connectivity index is 4.38. The fraction of sp³-hybridized carbons (Fsp3) is 0.714. The summed E-state index contributed by atoms with van der Waals surface area (Å²) in [5.74, 6) is 0.250. The van der Waals surface area contributed by atoms with Crippen LogP contribution < -0.4 is 0 Å². The quantitative estimate of drug-likeness (QED) is 0.421. The van der Waals surface area contributed by atoms with Gasteiger partial charge in [0, 0.05) is 12.2 Å². The molecule has 0 aromatic carbocycles. The third kappa shape index (κ3) is 3.56. The minimum Gasteiger partial charge on any atom is -0.378 e. The molecule has 0 aromatic heterocycles. The van der Waals surface area contributed by atoms with E-state index in [4.69, 9.17) is 5.11 Å². The first kappa shape index (κ1) is 12.8. The van der Waals surface area contributed by atoms with Crippen LogP contribution in [0.4, 0.5) is 17.6 Å². The van der Waals surface area contributed by atoms with Gasteiger partial charge in [-0.25, -0.2) is 4.39 Å². The number of rotatable bonds is 4. The van der Waals surface area contributed by atoms with E-state index in [1.165, 1.54) is 6.08 Å². The number of thiol groups is 1. The van der Waals surface area contributed by atoms with Crippen LogP contribution in [0.3, 0.4) is 0 Å². The summed E-state index contributed by atoms with van der Waals surface area (Å²) >= 11 is 3.71. The van der Waals surface area contributed by atoms with Crippen LogP contribution in [0.25, 0.3) is 0 Å². The Morgan fingerprint density at radius 1 is 1.23 bits per heavy atom. The lowest BCUT2D eigenvalue weighted by molar-refractivity contribution is -0.263. The SMILES string of the molecule is OC(CF)(C/C=C/CS)C(F)(F)F. The molecular weight excluding hydrogens is 208 g/mol. The smallest absolute Gasteiger partial charge is 0.378 e. The lowest BCUT2D eigenvalue weighted by Gasteiger charge is -2.26. The molecule has 13 heavy (non-hydrogen) atoms. The Morgan fingerprint density at radius 3 is 2.08 bits per heavy atom. The molecule has 0 spiro atoms. The van der Waals surface area contributed by atoms with Crippen molar-refractivity contribution in [1.29, 1.82) is 0 Å². The van der Waals surface area contributed by atoms with Crippen molar-refractivity contribution < 1.29 is 22.7 Å². The van der Waals surface area contributed by atoms with E-state index in [9.17, 15) is 17.6 Å². The molecule has 0 rings (SSSR count). The van der Waals surface area contributed by atoms with Crippen molar-refractivity contribution in [3.63, 3.8) is 0 Å². The first-order chi connectivity index (χ1) is 5.87. The fourth-order valence-corrected chi connectivity index (χ4v) is 0.748. The highest BCUT2D eigenvalue weighted by atomic mass is 32.1. The van der Waals surface area contributed by atoms with Crippen molar-refractivity contribution in [2.24, 2.45) is 0 Å². The molecule has 1 atom stereocenters. The molecule has 0 bridgehead atoms. The topological polar surface area (TPSA) is 20.2 Å². The van der Waals surface area contributed by atoms with Crippen LogP contribution in [-0.2, 0) is 0 Å². The van der Waals surface area contributed by atoms with Gasteiger partial charge in [0.1, 0.15) is 6.67 Å². The van der Waals surface area contributed by atoms with E-state index in [1.54, 1.807) is 0 Å². The van der Waals surface area contributed by atoms with Crippen molar-refractivity contribution in [2.75, 3.05) is 12.4 Å². The van der Waals surface area contributed by atoms with Crippen LogP contribution in [0.15, 0.2) is 12.2 Å². The van der Waals surface area contributed by atoms with Gasteiger partial charge in [-0.15, -0.1) is 0 Å². The summed E-state index contributed by atoms with van der Waals surface area (Å²) in [6, 6.07) is 0. The summed E-state index contributed by atoms with van der Waals surface area (Å²) < 4.78 is 47.9. The molecule has 0 aliphatic heterocycles. The molecule has 0 saturated heterocycles. The highest BCUT2D eigenvalue weighted by Gasteiger charge is 2.53. The molecule has 0 aliphatic carbocycles. The van der Waals surface area contributed by atoms with Crippen molar-refractivity contribution >= 4 is 12.6 Å². The molecule has 0 radical (unpaired) electrons. The Morgan fingerprint density at radius 2 is 1.77 bits per heavy atom. The van der Waals surface area contributed by atoms with Crippen LogP contribution in [0.2, 0.25) is 0 Å². The first-order valence-corrected chi connectivity index (χ1v) is 4.11. The van der Waals surface area contributed by atoms with Gasteiger partial charge in [-0.1, -0.05) is 12.2 Å². The zero-order valence-electron chi connectivity index (χ0n) is 6.68. The standard InChI is InChI=1S/C7H10F4OS/c8-5-6(12,7(9,10)11)3-1-2-4-13/h1-2,12-13H,3-5H2/b2-1+. The molecule has 0 saturated carbocycles. The second-order valence-corrected chi connectivity index (χ2v) is 2.89. The van der Waals surface area contributed by atoms with E-state index in [1.807, 2.05) is 0 Å². The van der Waals surface area contributed by atoms with Crippen molar-refractivity contribution in [3.05, 3.63) is 12.2 Å². The van der Waals surface area contributed by atoms with Crippen molar-refractivity contribution in [1.82, 2.24) is 0 Å². The van der Waals surface area contributed by atoms with E-state index < -0.39 is 24.9 Å². The van der Waals surface area contributed by atoms with E-state index in [0.717, 1.165) is 6.08 Å². The molecule has 1 N–H and O–H groups in total. The molecule has 0 fully saturated rings. The summed E-state index contributed by atoms with van der Waals surface area (Å²) in [7, 11) is 0. The molecule has 0 aliphatic rings. The van der Waals surface area contributed by atoms with Crippen LogP contribution in [0.5, 0.6) is 0 Å². The summed E-state index contributed by atoms with van der Waals surface area (Å²) in [6.45, 7) is -1.84. The molecular formula is C7H10F4OS. The number of hydrogen-bond acceptors (Lipinski definition) is 2. The molecule has 6 heteroatoms. The maximum atomic E-state index is 12.0.